The molecule has 0 spiro atoms. The molecule has 4 heteroatoms. The summed E-state index contributed by atoms with van der Waals surface area (Å²) >= 11 is 0. The third-order valence-electron chi connectivity index (χ3n) is 5.35. The number of amides is 1. The molecule has 0 saturated carbocycles. The second-order valence-electron chi connectivity index (χ2n) is 8.38. The molecule has 3 rings (SSSR count). The molecule has 4 nitrogen and oxygen atoms in total. The van der Waals surface area contributed by atoms with Gasteiger partial charge >= 0.3 is 6.09 Å². The molecule has 1 aromatic carbocycles. The van der Waals surface area contributed by atoms with Crippen LogP contribution in [0.15, 0.2) is 18.2 Å². The smallest absolute Gasteiger partial charge is 0.410 e. The summed E-state index contributed by atoms with van der Waals surface area (Å²) in [5, 5.41) is 0. The molecule has 0 unspecified atom stereocenters. The summed E-state index contributed by atoms with van der Waals surface area (Å²) in [6.45, 7) is 11.8. The monoisotopic (exact) mass is 344 g/mol. The van der Waals surface area contributed by atoms with Crippen LogP contribution in [0.5, 0.6) is 0 Å². The standard InChI is InChI=1S/C21H32N2O2/c1-5-16-6-7-17-8-11-23(15-18(17)14-16)19-9-12-22(13-10-19)20(24)25-21(2,3)4/h6-7,14,19H,5,8-13,15H2,1-4H3. The summed E-state index contributed by atoms with van der Waals surface area (Å²) in [7, 11) is 0. The summed E-state index contributed by atoms with van der Waals surface area (Å²) in [6.07, 6.45) is 4.17. The first kappa shape index (κ1) is 18.2. The number of aryl methyl sites for hydroxylation is 1. The molecule has 0 atom stereocenters. The van der Waals surface area contributed by atoms with E-state index in [-0.39, 0.29) is 6.09 Å². The predicted molar refractivity (Wildman–Crippen MR) is 101 cm³/mol. The lowest BCUT2D eigenvalue weighted by molar-refractivity contribution is 0.0134. The number of hydrogen-bond donors (Lipinski definition) is 0. The van der Waals surface area contributed by atoms with E-state index in [2.05, 4.69) is 30.0 Å². The molecule has 2 aliphatic heterocycles. The maximum atomic E-state index is 12.2. The summed E-state index contributed by atoms with van der Waals surface area (Å²) in [6, 6.07) is 7.55. The van der Waals surface area contributed by atoms with E-state index in [9.17, 15) is 4.79 Å². The van der Waals surface area contributed by atoms with Gasteiger partial charge in [0.05, 0.1) is 0 Å². The lowest BCUT2D eigenvalue weighted by Gasteiger charge is -2.41. The van der Waals surface area contributed by atoms with Crippen molar-refractivity contribution in [3.05, 3.63) is 34.9 Å². The Labute approximate surface area is 152 Å². The Morgan fingerprint density at radius 1 is 1.16 bits per heavy atom. The highest BCUT2D eigenvalue weighted by molar-refractivity contribution is 5.68. The normalized spacial score (nSPS) is 19.6. The number of fused-ring (bicyclic) bond motifs is 1. The zero-order valence-electron chi connectivity index (χ0n) is 16.2. The Morgan fingerprint density at radius 2 is 1.88 bits per heavy atom. The van der Waals surface area contributed by atoms with Crippen molar-refractivity contribution in [1.82, 2.24) is 9.80 Å². The van der Waals surface area contributed by atoms with E-state index in [0.717, 1.165) is 51.9 Å². The van der Waals surface area contributed by atoms with Crippen LogP contribution in [-0.4, -0.2) is 47.2 Å². The minimum atomic E-state index is -0.415. The number of piperidine rings is 1. The molecule has 0 aromatic heterocycles. The van der Waals surface area contributed by atoms with Crippen molar-refractivity contribution in [3.63, 3.8) is 0 Å². The molecule has 2 aliphatic rings. The predicted octanol–water partition coefficient (Wildman–Crippen LogP) is 4.01. The number of ether oxygens (including phenoxy) is 1. The Morgan fingerprint density at radius 3 is 2.52 bits per heavy atom. The first-order valence-corrected chi connectivity index (χ1v) is 9.68. The highest BCUT2D eigenvalue weighted by atomic mass is 16.6. The minimum Gasteiger partial charge on any atom is -0.444 e. The third-order valence-corrected chi connectivity index (χ3v) is 5.35. The van der Waals surface area contributed by atoms with Crippen molar-refractivity contribution in [2.75, 3.05) is 19.6 Å². The lowest BCUT2D eigenvalue weighted by Crippen LogP contribution is -2.49. The van der Waals surface area contributed by atoms with Crippen LogP contribution < -0.4 is 0 Å². The Kier molecular flexibility index (Phi) is 5.38. The van der Waals surface area contributed by atoms with Crippen molar-refractivity contribution in [2.45, 2.75) is 71.6 Å². The van der Waals surface area contributed by atoms with Gasteiger partial charge in [-0.15, -0.1) is 0 Å². The van der Waals surface area contributed by atoms with Crippen LogP contribution in [0.2, 0.25) is 0 Å². The zero-order valence-corrected chi connectivity index (χ0v) is 16.2. The van der Waals surface area contributed by atoms with E-state index >= 15 is 0 Å². The fraction of sp³-hybridized carbons (Fsp3) is 0.667. The van der Waals surface area contributed by atoms with Gasteiger partial charge in [0.15, 0.2) is 0 Å². The van der Waals surface area contributed by atoms with Gasteiger partial charge < -0.3 is 9.64 Å². The Balaban J connectivity index is 1.56. The molecular weight excluding hydrogens is 312 g/mol. The molecule has 1 saturated heterocycles. The van der Waals surface area contributed by atoms with Crippen LogP contribution in [0.3, 0.4) is 0 Å². The zero-order chi connectivity index (χ0) is 18.0. The minimum absolute atomic E-state index is 0.164. The molecule has 2 heterocycles. The average molecular weight is 344 g/mol. The number of carbonyl (C=O) groups is 1. The van der Waals surface area contributed by atoms with Gasteiger partial charge in [-0.2, -0.15) is 0 Å². The number of likely N-dealkylation sites (tertiary alicyclic amines) is 1. The van der Waals surface area contributed by atoms with Gasteiger partial charge in [-0.25, -0.2) is 4.79 Å². The number of hydrogen-bond acceptors (Lipinski definition) is 3. The van der Waals surface area contributed by atoms with Gasteiger partial charge in [-0.3, -0.25) is 4.90 Å². The highest BCUT2D eigenvalue weighted by Crippen LogP contribution is 2.26. The summed E-state index contributed by atoms with van der Waals surface area (Å²) in [4.78, 5) is 16.7. The van der Waals surface area contributed by atoms with Crippen LogP contribution in [0.25, 0.3) is 0 Å². The van der Waals surface area contributed by atoms with Gasteiger partial charge in [0.1, 0.15) is 5.60 Å². The van der Waals surface area contributed by atoms with E-state index in [1.807, 2.05) is 25.7 Å². The molecule has 1 fully saturated rings. The van der Waals surface area contributed by atoms with Crippen LogP contribution in [0.1, 0.15) is 57.2 Å². The van der Waals surface area contributed by atoms with Gasteiger partial charge in [-0.05, 0) is 63.1 Å². The second-order valence-corrected chi connectivity index (χ2v) is 8.38. The van der Waals surface area contributed by atoms with Crippen molar-refractivity contribution in [2.24, 2.45) is 0 Å². The maximum Gasteiger partial charge on any atom is 0.410 e. The number of nitrogens with zero attached hydrogens (tertiary/aromatic N) is 2. The van der Waals surface area contributed by atoms with E-state index in [1.54, 1.807) is 0 Å². The fourth-order valence-corrected chi connectivity index (χ4v) is 3.90. The van der Waals surface area contributed by atoms with Gasteiger partial charge in [0.25, 0.3) is 0 Å². The Hall–Kier alpha value is -1.55. The molecule has 1 amide bonds. The number of carbonyl (C=O) groups excluding carboxylic acids is 1. The van der Waals surface area contributed by atoms with E-state index in [1.165, 1.54) is 16.7 Å². The first-order chi connectivity index (χ1) is 11.9. The molecule has 25 heavy (non-hydrogen) atoms. The molecule has 0 N–H and O–H groups in total. The third kappa shape index (κ3) is 4.55. The molecule has 0 aliphatic carbocycles. The fourth-order valence-electron chi connectivity index (χ4n) is 3.90. The summed E-state index contributed by atoms with van der Waals surface area (Å²) in [5.41, 5.74) is 4.03. The number of benzene rings is 1. The van der Waals surface area contributed by atoms with E-state index in [0.29, 0.717) is 6.04 Å². The van der Waals surface area contributed by atoms with E-state index in [4.69, 9.17) is 4.74 Å². The maximum absolute atomic E-state index is 12.2. The van der Waals surface area contributed by atoms with Crippen molar-refractivity contribution in [1.29, 1.82) is 0 Å². The van der Waals surface area contributed by atoms with E-state index < -0.39 is 5.60 Å². The number of rotatable bonds is 2. The topological polar surface area (TPSA) is 32.8 Å². The molecule has 1 aromatic rings. The first-order valence-electron chi connectivity index (χ1n) is 9.68. The summed E-state index contributed by atoms with van der Waals surface area (Å²) in [5.74, 6) is 0. The molecule has 138 valence electrons. The second kappa shape index (κ2) is 7.36. The van der Waals surface area contributed by atoms with Crippen molar-refractivity contribution < 1.29 is 9.53 Å². The quantitative estimate of drug-likeness (QED) is 0.813. The summed E-state index contributed by atoms with van der Waals surface area (Å²) < 4.78 is 5.50. The lowest BCUT2D eigenvalue weighted by atomic mass is 9.93. The van der Waals surface area contributed by atoms with Crippen LogP contribution in [0.4, 0.5) is 4.79 Å². The van der Waals surface area contributed by atoms with Crippen LogP contribution >= 0.6 is 0 Å². The average Bonchev–Trinajstić information content (AvgIpc) is 2.59. The van der Waals surface area contributed by atoms with Crippen LogP contribution in [0, 0.1) is 0 Å². The molecular formula is C21H32N2O2. The van der Waals surface area contributed by atoms with Gasteiger partial charge in [0.2, 0.25) is 0 Å². The van der Waals surface area contributed by atoms with Crippen molar-refractivity contribution in [3.8, 4) is 0 Å². The molecule has 0 bridgehead atoms. The van der Waals surface area contributed by atoms with Crippen LogP contribution in [-0.2, 0) is 24.1 Å². The van der Waals surface area contributed by atoms with Gasteiger partial charge in [-0.1, -0.05) is 25.1 Å². The SMILES string of the molecule is CCc1ccc2c(c1)CN(C1CCN(C(=O)OC(C)(C)C)CC1)CC2. The highest BCUT2D eigenvalue weighted by Gasteiger charge is 2.30. The van der Waals surface area contributed by atoms with Crippen molar-refractivity contribution >= 4 is 6.09 Å². The largest absolute Gasteiger partial charge is 0.444 e. The van der Waals surface area contributed by atoms with Gasteiger partial charge in [0, 0.05) is 32.2 Å². The Bertz CT molecular complexity index is 613. The molecule has 0 radical (unpaired) electrons.